The van der Waals surface area contributed by atoms with Gasteiger partial charge in [-0.25, -0.2) is 0 Å². The van der Waals surface area contributed by atoms with E-state index in [9.17, 15) is 9.90 Å². The maximum atomic E-state index is 12.1. The average molecular weight is 519 g/mol. The topological polar surface area (TPSA) is 98.2 Å². The molecule has 1 aliphatic heterocycles. The van der Waals surface area contributed by atoms with E-state index in [1.165, 1.54) is 12.1 Å². The third-order valence-electron chi connectivity index (χ3n) is 4.67. The summed E-state index contributed by atoms with van der Waals surface area (Å²) in [4.78, 5) is 19.2. The molecule has 2 rings (SSSR count). The van der Waals surface area contributed by atoms with Crippen molar-refractivity contribution in [1.29, 1.82) is 0 Å². The lowest BCUT2D eigenvalue weighted by atomic mass is 10.0. The van der Waals surface area contributed by atoms with Crippen LogP contribution in [0.1, 0.15) is 31.1 Å². The molecule has 1 heterocycles. The Bertz CT molecular complexity index is 646. The molecule has 1 aromatic carbocycles. The minimum atomic E-state index is -0.169. The first-order valence-electron chi connectivity index (χ1n) is 9.84. The molecule has 0 aromatic heterocycles. The number of phenols is 1. The van der Waals surface area contributed by atoms with Crippen LogP contribution in [0.15, 0.2) is 29.3 Å². The van der Waals surface area contributed by atoms with Crippen molar-refractivity contribution in [1.82, 2.24) is 20.9 Å². The maximum absolute atomic E-state index is 12.1. The molecule has 0 bridgehead atoms. The number of amides is 1. The molecule has 0 atom stereocenters. The Morgan fingerprint density at radius 1 is 1.14 bits per heavy atom. The first kappa shape index (κ1) is 25.4. The number of carbonyl (C=O) groups is 1. The molecular weight excluding hydrogens is 485 g/mol. The molecule has 8 nitrogen and oxygen atoms in total. The molecule has 0 aliphatic carbocycles. The number of hydrogen-bond donors (Lipinski definition) is 4. The summed E-state index contributed by atoms with van der Waals surface area (Å²) in [6.45, 7) is 12.3. The molecule has 4 N–H and O–H groups in total. The second kappa shape index (κ2) is 12.9. The largest absolute Gasteiger partial charge is 0.508 e. The van der Waals surface area contributed by atoms with Crippen LogP contribution in [0.25, 0.3) is 0 Å². The van der Waals surface area contributed by atoms with Gasteiger partial charge in [0.15, 0.2) is 5.96 Å². The highest BCUT2D eigenvalue weighted by molar-refractivity contribution is 14.0. The summed E-state index contributed by atoms with van der Waals surface area (Å²) in [7, 11) is 0. The van der Waals surface area contributed by atoms with Crippen LogP contribution >= 0.6 is 24.0 Å². The van der Waals surface area contributed by atoms with Crippen LogP contribution in [0.3, 0.4) is 0 Å². The number of halogens is 1. The Kier molecular flexibility index (Phi) is 11.3. The second-order valence-corrected chi connectivity index (χ2v) is 7.34. The number of aromatic hydroxyl groups is 1. The fourth-order valence-corrected chi connectivity index (χ4v) is 2.95. The summed E-state index contributed by atoms with van der Waals surface area (Å²) in [6, 6.07) is 6.19. The molecule has 1 aromatic rings. The van der Waals surface area contributed by atoms with E-state index in [4.69, 9.17) is 9.73 Å². The summed E-state index contributed by atoms with van der Waals surface area (Å²) in [6.07, 6.45) is 0. The summed E-state index contributed by atoms with van der Waals surface area (Å²) >= 11 is 0. The molecule has 0 saturated carbocycles. The smallest absolute Gasteiger partial charge is 0.251 e. The molecule has 0 radical (unpaired) electrons. The number of rotatable bonds is 8. The predicted octanol–water partition coefficient (Wildman–Crippen LogP) is 1.41. The van der Waals surface area contributed by atoms with E-state index in [1.807, 2.05) is 6.92 Å². The lowest BCUT2D eigenvalue weighted by molar-refractivity contribution is -0.00683. The molecule has 1 fully saturated rings. The van der Waals surface area contributed by atoms with Crippen LogP contribution in [0.4, 0.5) is 0 Å². The summed E-state index contributed by atoms with van der Waals surface area (Å²) in [5.74, 6) is 0.713. The average Bonchev–Trinajstić information content (AvgIpc) is 2.70. The number of nitrogens with one attached hydrogen (secondary N) is 3. The third kappa shape index (κ3) is 8.75. The van der Waals surface area contributed by atoms with Gasteiger partial charge in [0.2, 0.25) is 0 Å². The van der Waals surface area contributed by atoms with Crippen LogP contribution in [0, 0.1) is 0 Å². The molecule has 1 aliphatic rings. The van der Waals surface area contributed by atoms with Gasteiger partial charge in [-0.15, -0.1) is 24.0 Å². The fraction of sp³-hybridized carbons (Fsp3) is 0.600. The van der Waals surface area contributed by atoms with Gasteiger partial charge in [0.1, 0.15) is 5.75 Å². The van der Waals surface area contributed by atoms with Crippen LogP contribution in [0.5, 0.6) is 5.75 Å². The van der Waals surface area contributed by atoms with E-state index >= 15 is 0 Å². The van der Waals surface area contributed by atoms with E-state index in [0.29, 0.717) is 25.2 Å². The van der Waals surface area contributed by atoms with Crippen molar-refractivity contribution < 1.29 is 14.6 Å². The van der Waals surface area contributed by atoms with E-state index in [-0.39, 0.29) is 41.2 Å². The number of hydrogen-bond acceptors (Lipinski definition) is 5. The van der Waals surface area contributed by atoms with Gasteiger partial charge in [0.25, 0.3) is 5.91 Å². The minimum absolute atomic E-state index is 0. The van der Waals surface area contributed by atoms with Gasteiger partial charge in [-0.05, 0) is 45.0 Å². The first-order chi connectivity index (χ1) is 13.4. The lowest BCUT2D eigenvalue weighted by Crippen LogP contribution is -2.52. The number of morpholine rings is 1. The van der Waals surface area contributed by atoms with E-state index in [0.717, 1.165) is 38.8 Å². The summed E-state index contributed by atoms with van der Waals surface area (Å²) in [5, 5.41) is 18.6. The van der Waals surface area contributed by atoms with Gasteiger partial charge < -0.3 is 25.8 Å². The van der Waals surface area contributed by atoms with E-state index < -0.39 is 0 Å². The Morgan fingerprint density at radius 2 is 1.76 bits per heavy atom. The van der Waals surface area contributed by atoms with E-state index in [2.05, 4.69) is 34.7 Å². The number of carbonyl (C=O) groups excluding carboxylic acids is 1. The minimum Gasteiger partial charge on any atom is -0.508 e. The van der Waals surface area contributed by atoms with Gasteiger partial charge in [-0.2, -0.15) is 0 Å². The van der Waals surface area contributed by atoms with Crippen LogP contribution in [-0.2, 0) is 4.74 Å². The molecule has 164 valence electrons. The van der Waals surface area contributed by atoms with Crippen molar-refractivity contribution in [2.45, 2.75) is 26.3 Å². The zero-order chi connectivity index (χ0) is 20.4. The van der Waals surface area contributed by atoms with E-state index in [1.54, 1.807) is 12.1 Å². The highest BCUT2D eigenvalue weighted by Gasteiger charge is 2.28. The molecular formula is C20H34IN5O3. The van der Waals surface area contributed by atoms with Crippen LogP contribution in [-0.4, -0.2) is 79.9 Å². The van der Waals surface area contributed by atoms with Crippen molar-refractivity contribution in [3.63, 3.8) is 0 Å². The molecule has 29 heavy (non-hydrogen) atoms. The lowest BCUT2D eigenvalue weighted by Gasteiger charge is -2.39. The molecule has 1 amide bonds. The highest BCUT2D eigenvalue weighted by Crippen LogP contribution is 2.16. The Balaban J connectivity index is 0.00000420. The standard InChI is InChI=1S/C20H33N5O3.HI/c1-4-21-19(24-15-20(2,3)25-11-13-28-14-12-25)23-10-9-22-18(27)16-5-7-17(26)8-6-16;/h5-8,26H,4,9-15H2,1-3H3,(H,22,27)(H2,21,23,24);1H. The second-order valence-electron chi connectivity index (χ2n) is 7.34. The third-order valence-corrected chi connectivity index (χ3v) is 4.67. The predicted molar refractivity (Wildman–Crippen MR) is 126 cm³/mol. The quantitative estimate of drug-likeness (QED) is 0.180. The zero-order valence-electron chi connectivity index (χ0n) is 17.5. The zero-order valence-corrected chi connectivity index (χ0v) is 19.9. The molecule has 1 saturated heterocycles. The Morgan fingerprint density at radius 3 is 2.38 bits per heavy atom. The molecule has 9 heteroatoms. The van der Waals surface area contributed by atoms with Gasteiger partial charge >= 0.3 is 0 Å². The van der Waals surface area contributed by atoms with Crippen molar-refractivity contribution >= 4 is 35.8 Å². The maximum Gasteiger partial charge on any atom is 0.251 e. The Hall–Kier alpha value is -1.59. The number of guanidine groups is 1. The number of aliphatic imine (C=N–C) groups is 1. The number of ether oxygens (including phenoxy) is 1. The van der Waals surface area contributed by atoms with Gasteiger partial charge in [-0.3, -0.25) is 14.7 Å². The molecule has 0 spiro atoms. The SMILES string of the molecule is CCNC(=NCC(C)(C)N1CCOCC1)NCCNC(=O)c1ccc(O)cc1.I. The van der Waals surface area contributed by atoms with Gasteiger partial charge in [0, 0.05) is 43.8 Å². The van der Waals surface area contributed by atoms with Crippen molar-refractivity contribution in [3.05, 3.63) is 29.8 Å². The van der Waals surface area contributed by atoms with Gasteiger partial charge in [0.05, 0.1) is 19.8 Å². The van der Waals surface area contributed by atoms with Crippen molar-refractivity contribution in [2.75, 3.05) is 52.5 Å². The van der Waals surface area contributed by atoms with Crippen molar-refractivity contribution in [3.8, 4) is 5.75 Å². The molecule has 0 unspecified atom stereocenters. The van der Waals surface area contributed by atoms with Crippen LogP contribution in [0.2, 0.25) is 0 Å². The number of phenolic OH excluding ortho intramolecular Hbond substituents is 1. The summed E-state index contributed by atoms with van der Waals surface area (Å²) in [5.41, 5.74) is 0.477. The monoisotopic (exact) mass is 519 g/mol. The normalized spacial score (nSPS) is 15.3. The van der Waals surface area contributed by atoms with Crippen LogP contribution < -0.4 is 16.0 Å². The van der Waals surface area contributed by atoms with Gasteiger partial charge in [-0.1, -0.05) is 0 Å². The number of nitrogens with zero attached hydrogens (tertiary/aromatic N) is 2. The Labute approximate surface area is 190 Å². The first-order valence-corrected chi connectivity index (χ1v) is 9.84. The summed E-state index contributed by atoms with van der Waals surface area (Å²) < 4.78 is 5.43. The fourth-order valence-electron chi connectivity index (χ4n) is 2.95. The highest BCUT2D eigenvalue weighted by atomic mass is 127. The van der Waals surface area contributed by atoms with Crippen molar-refractivity contribution in [2.24, 2.45) is 4.99 Å². The number of benzene rings is 1.